The Morgan fingerprint density at radius 1 is 1.36 bits per heavy atom. The Labute approximate surface area is 194 Å². The average molecular weight is 461 g/mol. The van der Waals surface area contributed by atoms with Gasteiger partial charge in [-0.1, -0.05) is 5.16 Å². The van der Waals surface area contributed by atoms with Crippen molar-refractivity contribution >= 4 is 11.7 Å². The fourth-order valence-electron chi connectivity index (χ4n) is 4.78. The maximum absolute atomic E-state index is 6.71. The third-order valence-corrected chi connectivity index (χ3v) is 6.83. The summed E-state index contributed by atoms with van der Waals surface area (Å²) in [5.74, 6) is 2.40. The summed E-state index contributed by atoms with van der Waals surface area (Å²) in [7, 11) is 3.52. The zero-order chi connectivity index (χ0) is 23.4. The molecule has 1 saturated heterocycles. The van der Waals surface area contributed by atoms with Crippen molar-refractivity contribution in [3.8, 4) is 5.88 Å². The predicted molar refractivity (Wildman–Crippen MR) is 125 cm³/mol. The van der Waals surface area contributed by atoms with Gasteiger partial charge >= 0.3 is 6.01 Å². The van der Waals surface area contributed by atoms with Gasteiger partial charge in [0.25, 0.3) is 0 Å². The number of anilines is 2. The van der Waals surface area contributed by atoms with E-state index in [0.29, 0.717) is 49.4 Å². The number of ether oxygens (including phenoxy) is 2. The quantitative estimate of drug-likeness (QED) is 0.329. The van der Waals surface area contributed by atoms with Crippen LogP contribution in [0.15, 0.2) is 16.8 Å². The smallest absolute Gasteiger partial charge is 0.324 e. The number of nitrogens with one attached hydrogen (secondary N) is 1. The molecular weight excluding hydrogens is 424 g/mol. The van der Waals surface area contributed by atoms with Crippen molar-refractivity contribution in [3.05, 3.63) is 23.7 Å². The van der Waals surface area contributed by atoms with Crippen LogP contribution < -0.4 is 31.5 Å². The summed E-state index contributed by atoms with van der Waals surface area (Å²) < 4.78 is 16.4. The zero-order valence-electron chi connectivity index (χ0n) is 19.8. The Hall–Kier alpha value is -2.47. The van der Waals surface area contributed by atoms with E-state index >= 15 is 0 Å². The fraction of sp³-hybridized carbons (Fsp3) is 0.682. The number of piperidine rings is 1. The molecule has 0 bridgehead atoms. The molecule has 4 rings (SSSR count). The lowest BCUT2D eigenvalue weighted by molar-refractivity contribution is 0.174. The Morgan fingerprint density at radius 3 is 2.85 bits per heavy atom. The van der Waals surface area contributed by atoms with Crippen LogP contribution in [0.1, 0.15) is 37.1 Å². The maximum atomic E-state index is 6.71. The number of aromatic nitrogens is 3. The second-order valence-electron chi connectivity index (χ2n) is 9.13. The van der Waals surface area contributed by atoms with Crippen LogP contribution in [-0.2, 0) is 11.3 Å². The lowest BCUT2D eigenvalue weighted by Gasteiger charge is -2.31. The van der Waals surface area contributed by atoms with E-state index < -0.39 is 0 Å². The highest BCUT2D eigenvalue weighted by Gasteiger charge is 2.54. The Kier molecular flexibility index (Phi) is 7.32. The molecule has 11 heteroatoms. The molecule has 182 valence electrons. The zero-order valence-corrected chi connectivity index (χ0v) is 19.8. The second-order valence-corrected chi connectivity index (χ2v) is 9.13. The number of aryl methyl sites for hydroxylation is 1. The van der Waals surface area contributed by atoms with Gasteiger partial charge in [0.2, 0.25) is 5.88 Å². The molecule has 2 fully saturated rings. The summed E-state index contributed by atoms with van der Waals surface area (Å²) >= 11 is 0. The van der Waals surface area contributed by atoms with Gasteiger partial charge in [0.15, 0.2) is 5.82 Å². The van der Waals surface area contributed by atoms with E-state index in [2.05, 4.69) is 25.5 Å². The minimum Gasteiger partial charge on any atom is -0.477 e. The van der Waals surface area contributed by atoms with Gasteiger partial charge in [-0.3, -0.25) is 0 Å². The lowest BCUT2D eigenvalue weighted by atomic mass is 9.89. The van der Waals surface area contributed by atoms with Crippen molar-refractivity contribution in [3.63, 3.8) is 0 Å². The molecule has 2 aliphatic rings. The van der Waals surface area contributed by atoms with Crippen LogP contribution in [0.2, 0.25) is 0 Å². The largest absolute Gasteiger partial charge is 0.477 e. The second kappa shape index (κ2) is 10.2. The Balaban J connectivity index is 1.21. The molecule has 33 heavy (non-hydrogen) atoms. The van der Waals surface area contributed by atoms with Crippen LogP contribution >= 0.6 is 0 Å². The molecule has 2 atom stereocenters. The first-order valence-electron chi connectivity index (χ1n) is 11.6. The van der Waals surface area contributed by atoms with Crippen molar-refractivity contribution in [2.24, 2.45) is 23.3 Å². The third kappa shape index (κ3) is 5.55. The summed E-state index contributed by atoms with van der Waals surface area (Å²) in [5, 5.41) is 5.80. The van der Waals surface area contributed by atoms with E-state index in [4.69, 9.17) is 25.5 Å². The standard InChI is InChI=1S/C22H36N8O3/c1-15-10-17(29(2)26-14-23)12-25-20(15)32-9-6-22(24)11-18(22)16-4-7-30(8-5-16)21-27-19(13-31-3)28-33-21/h10,12,16,18,26H,4-9,11,13-14,23-24H2,1-3H3. The summed E-state index contributed by atoms with van der Waals surface area (Å²) in [4.78, 5) is 11.0. The minimum atomic E-state index is -0.137. The van der Waals surface area contributed by atoms with Crippen molar-refractivity contribution in [2.75, 3.05) is 50.4 Å². The molecule has 3 heterocycles. The lowest BCUT2D eigenvalue weighted by Crippen LogP contribution is -2.38. The third-order valence-electron chi connectivity index (χ3n) is 6.83. The Morgan fingerprint density at radius 2 is 2.15 bits per heavy atom. The molecule has 1 saturated carbocycles. The van der Waals surface area contributed by atoms with Gasteiger partial charge in [0.05, 0.1) is 25.2 Å². The highest BCUT2D eigenvalue weighted by molar-refractivity contribution is 5.47. The van der Waals surface area contributed by atoms with E-state index in [1.54, 1.807) is 13.3 Å². The molecule has 0 amide bonds. The minimum absolute atomic E-state index is 0.137. The number of pyridine rings is 1. The number of hydrazine groups is 1. The average Bonchev–Trinajstić information content (AvgIpc) is 3.25. The highest BCUT2D eigenvalue weighted by atomic mass is 16.5. The van der Waals surface area contributed by atoms with Gasteiger partial charge in [0, 0.05) is 38.3 Å². The fourth-order valence-corrected chi connectivity index (χ4v) is 4.78. The van der Waals surface area contributed by atoms with Crippen LogP contribution in [0, 0.1) is 18.8 Å². The van der Waals surface area contributed by atoms with Crippen LogP contribution in [0.25, 0.3) is 0 Å². The number of hydrogen-bond acceptors (Lipinski definition) is 11. The van der Waals surface area contributed by atoms with E-state index in [1.807, 2.05) is 25.0 Å². The molecule has 0 spiro atoms. The van der Waals surface area contributed by atoms with Gasteiger partial charge in [-0.15, -0.1) is 0 Å². The van der Waals surface area contributed by atoms with Crippen LogP contribution in [0.4, 0.5) is 11.7 Å². The number of rotatable bonds is 11. The first-order valence-corrected chi connectivity index (χ1v) is 11.6. The molecule has 1 aliphatic heterocycles. The molecule has 11 nitrogen and oxygen atoms in total. The van der Waals surface area contributed by atoms with Crippen molar-refractivity contribution in [1.29, 1.82) is 0 Å². The maximum Gasteiger partial charge on any atom is 0.324 e. The van der Waals surface area contributed by atoms with Gasteiger partial charge in [0.1, 0.15) is 6.61 Å². The topological polar surface area (TPSA) is 141 Å². The monoisotopic (exact) mass is 460 g/mol. The Bertz CT molecular complexity index is 917. The number of hydrogen-bond donors (Lipinski definition) is 3. The predicted octanol–water partition coefficient (Wildman–Crippen LogP) is 1.18. The van der Waals surface area contributed by atoms with Crippen LogP contribution in [0.3, 0.4) is 0 Å². The summed E-state index contributed by atoms with van der Waals surface area (Å²) in [6.45, 7) is 5.10. The van der Waals surface area contributed by atoms with Crippen molar-refractivity contribution < 1.29 is 14.0 Å². The van der Waals surface area contributed by atoms with Gasteiger partial charge < -0.3 is 35.4 Å². The first kappa shape index (κ1) is 23.7. The molecule has 2 aromatic heterocycles. The number of methoxy groups -OCH3 is 1. The van der Waals surface area contributed by atoms with E-state index in [9.17, 15) is 0 Å². The van der Waals surface area contributed by atoms with Crippen LogP contribution in [0.5, 0.6) is 5.88 Å². The summed E-state index contributed by atoms with van der Waals surface area (Å²) in [6, 6.07) is 2.61. The van der Waals surface area contributed by atoms with Crippen molar-refractivity contribution in [2.45, 2.75) is 44.8 Å². The molecule has 0 aromatic carbocycles. The van der Waals surface area contributed by atoms with Crippen molar-refractivity contribution in [1.82, 2.24) is 20.6 Å². The van der Waals surface area contributed by atoms with Gasteiger partial charge in [-0.2, -0.15) is 4.98 Å². The summed E-state index contributed by atoms with van der Waals surface area (Å²) in [5.41, 5.74) is 17.0. The molecular formula is C22H36N8O3. The number of nitrogens with zero attached hydrogens (tertiary/aromatic N) is 5. The van der Waals surface area contributed by atoms with E-state index in [-0.39, 0.29) is 5.54 Å². The van der Waals surface area contributed by atoms with E-state index in [0.717, 1.165) is 50.0 Å². The number of nitrogens with two attached hydrogens (primary N) is 2. The highest BCUT2D eigenvalue weighted by Crippen LogP contribution is 2.51. The molecule has 0 radical (unpaired) electrons. The molecule has 1 aliphatic carbocycles. The summed E-state index contributed by atoms with van der Waals surface area (Å²) in [6.07, 6.45) is 5.83. The molecule has 5 N–H and O–H groups in total. The normalized spacial score (nSPS) is 23.1. The SMILES string of the molecule is COCc1noc(N2CCC(C3CC3(N)CCOc3ncc(N(C)NCN)cc3C)CC2)n1. The van der Waals surface area contributed by atoms with Gasteiger partial charge in [-0.25, -0.2) is 10.4 Å². The molecule has 2 unspecified atom stereocenters. The first-order chi connectivity index (χ1) is 15.9. The molecule has 2 aromatic rings. The van der Waals surface area contributed by atoms with Gasteiger partial charge in [-0.05, 0) is 50.5 Å². The van der Waals surface area contributed by atoms with Crippen LogP contribution in [-0.4, -0.2) is 61.2 Å². The van der Waals surface area contributed by atoms with E-state index in [1.165, 1.54) is 0 Å².